The minimum absolute atomic E-state index is 0.0673. The average molecular weight is 456 g/mol. The van der Waals surface area contributed by atoms with Crippen LogP contribution in [0.25, 0.3) is 0 Å². The Balaban J connectivity index is 1.41. The molecule has 2 aromatic rings. The Kier molecular flexibility index (Phi) is 5.90. The van der Waals surface area contributed by atoms with Gasteiger partial charge in [-0.3, -0.25) is 19.4 Å². The summed E-state index contributed by atoms with van der Waals surface area (Å²) >= 11 is 0. The molecule has 0 saturated carbocycles. The molecule has 2 aliphatic heterocycles. The van der Waals surface area contributed by atoms with Crippen LogP contribution in [0.5, 0.6) is 0 Å². The summed E-state index contributed by atoms with van der Waals surface area (Å²) in [4.78, 5) is 55.1. The van der Waals surface area contributed by atoms with Gasteiger partial charge in [-0.2, -0.15) is 4.98 Å². The summed E-state index contributed by atoms with van der Waals surface area (Å²) in [6.45, 7) is 1.27. The highest BCUT2D eigenvalue weighted by atomic mass is 16.4. The molecule has 3 heterocycles. The predicted molar refractivity (Wildman–Crippen MR) is 118 cm³/mol. The van der Waals surface area contributed by atoms with E-state index >= 15 is 0 Å². The molecule has 1 aromatic carbocycles. The molecule has 1 amide bonds. The first-order valence-corrected chi connectivity index (χ1v) is 10.5. The molecule has 0 spiro atoms. The molecular formula is C21H24N6O6. The predicted octanol–water partition coefficient (Wildman–Crippen LogP) is 0.322. The van der Waals surface area contributed by atoms with E-state index < -0.39 is 23.9 Å². The molecule has 12 heteroatoms. The summed E-state index contributed by atoms with van der Waals surface area (Å²) in [6.07, 6.45) is 0.0255. The number of nitrogen functional groups attached to an aromatic ring is 1. The zero-order valence-corrected chi connectivity index (χ0v) is 17.6. The largest absolute Gasteiger partial charge is 0.481 e. The van der Waals surface area contributed by atoms with Crippen molar-refractivity contribution in [3.05, 3.63) is 45.2 Å². The molecule has 33 heavy (non-hydrogen) atoms. The molecule has 12 nitrogen and oxygen atoms in total. The minimum atomic E-state index is -1.23. The minimum Gasteiger partial charge on any atom is -0.481 e. The van der Waals surface area contributed by atoms with Gasteiger partial charge in [0, 0.05) is 37.3 Å². The zero-order valence-electron chi connectivity index (χ0n) is 17.6. The number of carbonyl (C=O) groups is 3. The van der Waals surface area contributed by atoms with Gasteiger partial charge in [-0.05, 0) is 42.5 Å². The number of H-pyrrole nitrogens is 1. The van der Waals surface area contributed by atoms with E-state index in [1.54, 1.807) is 18.2 Å². The maximum atomic E-state index is 12.7. The number of carboxylic acids is 2. The summed E-state index contributed by atoms with van der Waals surface area (Å²) in [5.41, 5.74) is 7.71. The fourth-order valence-electron chi connectivity index (χ4n) is 4.24. The van der Waals surface area contributed by atoms with Gasteiger partial charge < -0.3 is 31.5 Å². The van der Waals surface area contributed by atoms with Crippen LogP contribution in [0.4, 0.5) is 17.5 Å². The quantitative estimate of drug-likeness (QED) is 0.322. The van der Waals surface area contributed by atoms with Gasteiger partial charge in [0.1, 0.15) is 11.9 Å². The Morgan fingerprint density at radius 3 is 2.82 bits per heavy atom. The second-order valence-electron chi connectivity index (χ2n) is 8.20. The van der Waals surface area contributed by atoms with Crippen molar-refractivity contribution in [3.63, 3.8) is 0 Å². The molecule has 4 rings (SSSR count). The number of carbonyl (C=O) groups excluding carboxylic acids is 1. The smallest absolute Gasteiger partial charge is 0.326 e. The van der Waals surface area contributed by atoms with Crippen molar-refractivity contribution in [1.82, 2.24) is 14.9 Å². The van der Waals surface area contributed by atoms with Gasteiger partial charge in [-0.25, -0.2) is 4.79 Å². The number of fused-ring (bicyclic) bond motifs is 2. The lowest BCUT2D eigenvalue weighted by Crippen LogP contribution is -2.41. The summed E-state index contributed by atoms with van der Waals surface area (Å²) in [6, 6.07) is 3.98. The Labute approximate surface area is 187 Å². The molecular weight excluding hydrogens is 432 g/mol. The molecule has 174 valence electrons. The number of hydrogen-bond acceptors (Lipinski definition) is 8. The van der Waals surface area contributed by atoms with Gasteiger partial charge in [0.2, 0.25) is 5.95 Å². The molecule has 0 aliphatic carbocycles. The molecule has 2 atom stereocenters. The summed E-state index contributed by atoms with van der Waals surface area (Å²) in [5.74, 6) is -2.08. The van der Waals surface area contributed by atoms with Gasteiger partial charge >= 0.3 is 11.9 Å². The van der Waals surface area contributed by atoms with Gasteiger partial charge in [-0.15, -0.1) is 0 Å². The van der Waals surface area contributed by atoms with E-state index in [4.69, 9.17) is 10.8 Å². The van der Waals surface area contributed by atoms with E-state index in [0.717, 1.165) is 5.69 Å². The number of benzene rings is 1. The highest BCUT2D eigenvalue weighted by Gasteiger charge is 2.36. The maximum Gasteiger partial charge on any atom is 0.326 e. The van der Waals surface area contributed by atoms with Gasteiger partial charge in [0.05, 0.1) is 5.56 Å². The first-order chi connectivity index (χ1) is 15.7. The lowest BCUT2D eigenvalue weighted by molar-refractivity contribution is -0.143. The van der Waals surface area contributed by atoms with Crippen molar-refractivity contribution in [2.24, 2.45) is 5.92 Å². The second kappa shape index (κ2) is 8.81. The van der Waals surface area contributed by atoms with Crippen molar-refractivity contribution in [2.75, 3.05) is 29.5 Å². The normalized spacial score (nSPS) is 17.6. The van der Waals surface area contributed by atoms with Crippen molar-refractivity contribution >= 4 is 35.3 Å². The number of aromatic amines is 1. The second-order valence-corrected chi connectivity index (χ2v) is 8.20. The third-order valence-corrected chi connectivity index (χ3v) is 5.91. The maximum absolute atomic E-state index is 12.7. The number of carboxylic acid groups (broad SMARTS) is 2. The average Bonchev–Trinajstić information content (AvgIpc) is 3.07. The first-order valence-electron chi connectivity index (χ1n) is 10.5. The third-order valence-electron chi connectivity index (χ3n) is 5.91. The van der Waals surface area contributed by atoms with Crippen LogP contribution in [0.3, 0.4) is 0 Å². The summed E-state index contributed by atoms with van der Waals surface area (Å²) in [7, 11) is 0. The summed E-state index contributed by atoms with van der Waals surface area (Å²) in [5, 5.41) is 24.8. The van der Waals surface area contributed by atoms with E-state index in [1.807, 2.05) is 0 Å². The number of nitrogens with zero attached hydrogens (tertiary/aromatic N) is 2. The third kappa shape index (κ3) is 4.59. The monoisotopic (exact) mass is 456 g/mol. The van der Waals surface area contributed by atoms with E-state index in [1.165, 1.54) is 4.90 Å². The van der Waals surface area contributed by atoms with E-state index in [-0.39, 0.29) is 36.8 Å². The zero-order chi connectivity index (χ0) is 23.7. The molecule has 7 N–H and O–H groups in total. The fourth-order valence-corrected chi connectivity index (χ4v) is 4.24. The van der Waals surface area contributed by atoms with Crippen LogP contribution in [-0.2, 0) is 22.6 Å². The van der Waals surface area contributed by atoms with Gasteiger partial charge in [0.15, 0.2) is 0 Å². The Morgan fingerprint density at radius 1 is 1.30 bits per heavy atom. The number of aromatic nitrogens is 2. The first kappa shape index (κ1) is 22.1. The Bertz CT molecular complexity index is 1180. The number of rotatable bonds is 8. The van der Waals surface area contributed by atoms with Crippen LogP contribution >= 0.6 is 0 Å². The lowest BCUT2D eigenvalue weighted by Gasteiger charge is -2.25. The van der Waals surface area contributed by atoms with Crippen LogP contribution in [0.2, 0.25) is 0 Å². The number of nitrogens with two attached hydrogens (primary N) is 1. The van der Waals surface area contributed by atoms with E-state index in [2.05, 4.69) is 20.6 Å². The number of anilines is 3. The van der Waals surface area contributed by atoms with Gasteiger partial charge in [-0.1, -0.05) is 0 Å². The highest BCUT2D eigenvalue weighted by Crippen LogP contribution is 2.29. The number of hydrogen-bond donors (Lipinski definition) is 6. The summed E-state index contributed by atoms with van der Waals surface area (Å²) < 4.78 is 0. The van der Waals surface area contributed by atoms with Crippen LogP contribution in [0.15, 0.2) is 23.0 Å². The molecule has 1 unspecified atom stereocenters. The molecule has 2 aliphatic rings. The van der Waals surface area contributed by atoms with E-state index in [0.29, 0.717) is 42.0 Å². The highest BCUT2D eigenvalue weighted by molar-refractivity contribution is 6.00. The Morgan fingerprint density at radius 2 is 2.09 bits per heavy atom. The van der Waals surface area contributed by atoms with Crippen LogP contribution in [0.1, 0.15) is 34.3 Å². The van der Waals surface area contributed by atoms with Gasteiger partial charge in [0.25, 0.3) is 11.5 Å². The molecule has 0 saturated heterocycles. The standard InChI is InChI=1S/C21H24N6O6/c22-21-25-17-14(18(30)26-21)5-10(8-24-17)7-23-12-1-2-13-11(6-12)9-27(19(13)31)15(20(32)33)3-4-16(28)29/h1-2,6,10,15,23H,3-5,7-9H2,(H,28,29)(H,32,33)(H4,22,24,25,26,30)/t10?,15-/m0/s1. The molecule has 0 radical (unpaired) electrons. The number of amides is 1. The van der Waals surface area contributed by atoms with Crippen molar-refractivity contribution < 1.29 is 24.6 Å². The lowest BCUT2D eigenvalue weighted by atomic mass is 9.96. The van der Waals surface area contributed by atoms with Crippen LogP contribution in [0, 0.1) is 5.92 Å². The number of nitrogens with one attached hydrogen (secondary N) is 3. The van der Waals surface area contributed by atoms with E-state index in [9.17, 15) is 24.3 Å². The fraction of sp³-hybridized carbons (Fsp3) is 0.381. The van der Waals surface area contributed by atoms with Crippen molar-refractivity contribution in [3.8, 4) is 0 Å². The molecule has 0 bridgehead atoms. The molecule has 1 aromatic heterocycles. The molecule has 0 fully saturated rings. The Hall–Kier alpha value is -4.09. The van der Waals surface area contributed by atoms with Crippen molar-refractivity contribution in [1.29, 1.82) is 0 Å². The van der Waals surface area contributed by atoms with Crippen LogP contribution in [-0.4, -0.2) is 62.1 Å². The number of aliphatic carboxylic acids is 2. The topological polar surface area (TPSA) is 191 Å². The SMILES string of the molecule is Nc1nc2c(c(=O)[nH]1)CC(CNc1ccc3c(c1)CN([C@@H](CCC(=O)O)C(=O)O)C3=O)CN2. The van der Waals surface area contributed by atoms with Crippen LogP contribution < -0.4 is 21.9 Å². The van der Waals surface area contributed by atoms with Crippen molar-refractivity contribution in [2.45, 2.75) is 31.8 Å².